The molecule has 8 nitrogen and oxygen atoms in total. The van der Waals surface area contributed by atoms with Crippen molar-refractivity contribution in [2.24, 2.45) is 0 Å². The standard InChI is InChI=1S/C16H25N5O3/c22-15(19-14-4-1-2-5-17-16(14)23)12-20-8-9-24-13(10-20)11-21-7-3-6-18-21/h3,6-7,13-14H,1-2,4-5,8-12H2,(H,17,23)(H,19,22)/t13-,14+/m1/s1. The number of ether oxygens (including phenoxy) is 1. The Kier molecular flexibility index (Phi) is 5.81. The molecule has 24 heavy (non-hydrogen) atoms. The molecule has 3 rings (SSSR count). The van der Waals surface area contributed by atoms with E-state index in [-0.39, 0.29) is 17.9 Å². The van der Waals surface area contributed by atoms with E-state index in [1.807, 2.05) is 16.9 Å². The summed E-state index contributed by atoms with van der Waals surface area (Å²) in [4.78, 5) is 26.2. The summed E-state index contributed by atoms with van der Waals surface area (Å²) in [6, 6.07) is 1.48. The number of nitrogens with one attached hydrogen (secondary N) is 2. The van der Waals surface area contributed by atoms with Crippen LogP contribution in [0.25, 0.3) is 0 Å². The second kappa shape index (κ2) is 8.25. The van der Waals surface area contributed by atoms with E-state index in [1.165, 1.54) is 0 Å². The zero-order chi connectivity index (χ0) is 16.8. The van der Waals surface area contributed by atoms with Crippen LogP contribution in [-0.4, -0.2) is 71.4 Å². The summed E-state index contributed by atoms with van der Waals surface area (Å²) < 4.78 is 7.59. The largest absolute Gasteiger partial charge is 0.374 e. The Hall–Kier alpha value is -1.93. The molecule has 0 aliphatic carbocycles. The SMILES string of the molecule is O=C(CN1CCO[C@@H](Cn2cccn2)C1)N[C@H]1CCCCNC1=O. The highest BCUT2D eigenvalue weighted by Crippen LogP contribution is 2.08. The van der Waals surface area contributed by atoms with Crippen LogP contribution in [-0.2, 0) is 20.9 Å². The van der Waals surface area contributed by atoms with Gasteiger partial charge in [0.05, 0.1) is 25.8 Å². The molecule has 1 aromatic heterocycles. The van der Waals surface area contributed by atoms with E-state index in [4.69, 9.17) is 4.74 Å². The molecule has 0 saturated carbocycles. The summed E-state index contributed by atoms with van der Waals surface area (Å²) in [5, 5.41) is 9.89. The van der Waals surface area contributed by atoms with Crippen molar-refractivity contribution >= 4 is 11.8 Å². The average molecular weight is 335 g/mol. The molecule has 1 aromatic rings. The van der Waals surface area contributed by atoms with Gasteiger partial charge in [0.1, 0.15) is 6.04 Å². The third-order valence-corrected chi connectivity index (χ3v) is 4.41. The molecule has 3 heterocycles. The van der Waals surface area contributed by atoms with Crippen LogP contribution in [0.15, 0.2) is 18.5 Å². The summed E-state index contributed by atoms with van der Waals surface area (Å²) in [5.74, 6) is -0.170. The zero-order valence-electron chi connectivity index (χ0n) is 13.8. The van der Waals surface area contributed by atoms with Gasteiger partial charge in [0.2, 0.25) is 11.8 Å². The highest BCUT2D eigenvalue weighted by molar-refractivity contribution is 5.88. The number of carbonyl (C=O) groups is 2. The van der Waals surface area contributed by atoms with E-state index in [0.717, 1.165) is 19.4 Å². The first-order chi connectivity index (χ1) is 11.7. The van der Waals surface area contributed by atoms with E-state index < -0.39 is 6.04 Å². The Labute approximate surface area is 141 Å². The Balaban J connectivity index is 1.45. The molecule has 0 unspecified atom stereocenters. The maximum Gasteiger partial charge on any atom is 0.242 e. The zero-order valence-corrected chi connectivity index (χ0v) is 13.8. The van der Waals surface area contributed by atoms with Gasteiger partial charge in [0, 0.05) is 32.0 Å². The van der Waals surface area contributed by atoms with Crippen molar-refractivity contribution in [3.63, 3.8) is 0 Å². The van der Waals surface area contributed by atoms with E-state index in [9.17, 15) is 9.59 Å². The smallest absolute Gasteiger partial charge is 0.242 e. The molecule has 8 heteroatoms. The predicted octanol–water partition coefficient (Wildman–Crippen LogP) is -0.631. The van der Waals surface area contributed by atoms with Gasteiger partial charge >= 0.3 is 0 Å². The molecular weight excluding hydrogens is 310 g/mol. The van der Waals surface area contributed by atoms with Crippen LogP contribution in [0.3, 0.4) is 0 Å². The quantitative estimate of drug-likeness (QED) is 0.748. The average Bonchev–Trinajstić information content (AvgIpc) is 2.98. The number of carbonyl (C=O) groups excluding carboxylic acids is 2. The summed E-state index contributed by atoms with van der Waals surface area (Å²) in [6.07, 6.45) is 6.30. The van der Waals surface area contributed by atoms with E-state index in [0.29, 0.717) is 39.2 Å². The lowest BCUT2D eigenvalue weighted by Gasteiger charge is -2.32. The first-order valence-corrected chi connectivity index (χ1v) is 8.59. The minimum absolute atomic E-state index is 0.0210. The van der Waals surface area contributed by atoms with Gasteiger partial charge < -0.3 is 15.4 Å². The van der Waals surface area contributed by atoms with Gasteiger partial charge in [-0.05, 0) is 25.3 Å². The van der Waals surface area contributed by atoms with Crippen molar-refractivity contribution in [3.8, 4) is 0 Å². The van der Waals surface area contributed by atoms with Crippen LogP contribution >= 0.6 is 0 Å². The first kappa shape index (κ1) is 16.9. The molecule has 0 aromatic carbocycles. The fraction of sp³-hybridized carbons (Fsp3) is 0.688. The Bertz CT molecular complexity index is 548. The monoisotopic (exact) mass is 335 g/mol. The molecule has 132 valence electrons. The van der Waals surface area contributed by atoms with Crippen LogP contribution in [0, 0.1) is 0 Å². The number of nitrogens with zero attached hydrogens (tertiary/aromatic N) is 3. The van der Waals surface area contributed by atoms with E-state index >= 15 is 0 Å². The fourth-order valence-corrected chi connectivity index (χ4v) is 3.17. The summed E-state index contributed by atoms with van der Waals surface area (Å²) in [7, 11) is 0. The van der Waals surface area contributed by atoms with Gasteiger partial charge in [-0.25, -0.2) is 0 Å². The molecule has 2 amide bonds. The summed E-state index contributed by atoms with van der Waals surface area (Å²) in [6.45, 7) is 3.68. The van der Waals surface area contributed by atoms with E-state index in [1.54, 1.807) is 6.20 Å². The molecular formula is C16H25N5O3. The first-order valence-electron chi connectivity index (χ1n) is 8.59. The van der Waals surface area contributed by atoms with Gasteiger partial charge in [-0.1, -0.05) is 0 Å². The molecule has 2 saturated heterocycles. The molecule has 2 atom stereocenters. The number of amides is 2. The molecule has 2 N–H and O–H groups in total. The molecule has 0 bridgehead atoms. The van der Waals surface area contributed by atoms with Gasteiger partial charge in [-0.3, -0.25) is 19.2 Å². The van der Waals surface area contributed by atoms with Gasteiger partial charge in [-0.15, -0.1) is 0 Å². The number of aromatic nitrogens is 2. The van der Waals surface area contributed by atoms with Crippen molar-refractivity contribution in [2.75, 3.05) is 32.8 Å². The lowest BCUT2D eigenvalue weighted by Crippen LogP contribution is -2.51. The summed E-state index contributed by atoms with van der Waals surface area (Å²) in [5.41, 5.74) is 0. The van der Waals surface area contributed by atoms with Crippen molar-refractivity contribution < 1.29 is 14.3 Å². The molecule has 0 radical (unpaired) electrons. The van der Waals surface area contributed by atoms with Crippen LogP contribution < -0.4 is 10.6 Å². The topological polar surface area (TPSA) is 88.5 Å². The van der Waals surface area contributed by atoms with Gasteiger partial charge in [-0.2, -0.15) is 5.10 Å². The second-order valence-corrected chi connectivity index (χ2v) is 6.36. The maximum absolute atomic E-state index is 12.3. The second-order valence-electron chi connectivity index (χ2n) is 6.36. The third kappa shape index (κ3) is 4.78. The molecule has 2 aliphatic rings. The van der Waals surface area contributed by atoms with Crippen molar-refractivity contribution in [1.82, 2.24) is 25.3 Å². The highest BCUT2D eigenvalue weighted by Gasteiger charge is 2.26. The van der Waals surface area contributed by atoms with Crippen LogP contribution in [0.1, 0.15) is 19.3 Å². The minimum atomic E-state index is -0.402. The maximum atomic E-state index is 12.3. The number of hydrogen-bond acceptors (Lipinski definition) is 5. The summed E-state index contributed by atoms with van der Waals surface area (Å²) >= 11 is 0. The Morgan fingerprint density at radius 2 is 2.38 bits per heavy atom. The van der Waals surface area contributed by atoms with Crippen LogP contribution in [0.5, 0.6) is 0 Å². The van der Waals surface area contributed by atoms with Crippen LogP contribution in [0.4, 0.5) is 0 Å². The van der Waals surface area contributed by atoms with Crippen LogP contribution in [0.2, 0.25) is 0 Å². The number of rotatable bonds is 5. The normalized spacial score (nSPS) is 25.8. The van der Waals surface area contributed by atoms with Crippen molar-refractivity contribution in [1.29, 1.82) is 0 Å². The molecule has 2 fully saturated rings. The van der Waals surface area contributed by atoms with E-state index in [2.05, 4.69) is 20.6 Å². The lowest BCUT2D eigenvalue weighted by atomic mass is 10.1. The number of hydrogen-bond donors (Lipinski definition) is 2. The fourth-order valence-electron chi connectivity index (χ4n) is 3.17. The Morgan fingerprint density at radius 1 is 1.46 bits per heavy atom. The van der Waals surface area contributed by atoms with Gasteiger partial charge in [0.15, 0.2) is 0 Å². The Morgan fingerprint density at radius 3 is 3.21 bits per heavy atom. The molecule has 0 spiro atoms. The van der Waals surface area contributed by atoms with Crippen molar-refractivity contribution in [2.45, 2.75) is 38.0 Å². The lowest BCUT2D eigenvalue weighted by molar-refractivity contribution is -0.130. The highest BCUT2D eigenvalue weighted by atomic mass is 16.5. The van der Waals surface area contributed by atoms with Crippen molar-refractivity contribution in [3.05, 3.63) is 18.5 Å². The third-order valence-electron chi connectivity index (χ3n) is 4.41. The molecule has 2 aliphatic heterocycles. The van der Waals surface area contributed by atoms with Gasteiger partial charge in [0.25, 0.3) is 0 Å². The number of morpholine rings is 1. The predicted molar refractivity (Wildman–Crippen MR) is 87.2 cm³/mol. The minimum Gasteiger partial charge on any atom is -0.374 e.